The molecule has 40 heavy (non-hydrogen) atoms. The lowest BCUT2D eigenvalue weighted by Gasteiger charge is -2.30. The largest absolute Gasteiger partial charge is 0.450 e. The highest BCUT2D eigenvalue weighted by Gasteiger charge is 2.28. The predicted octanol–water partition coefficient (Wildman–Crippen LogP) is 3.58. The first-order chi connectivity index (χ1) is 19.1. The summed E-state index contributed by atoms with van der Waals surface area (Å²) >= 11 is 0. The van der Waals surface area contributed by atoms with E-state index in [4.69, 9.17) is 4.74 Å². The topological polar surface area (TPSA) is 154 Å². The van der Waals surface area contributed by atoms with Gasteiger partial charge in [0.2, 0.25) is 0 Å². The van der Waals surface area contributed by atoms with Crippen molar-refractivity contribution in [3.8, 4) is 17.5 Å². The number of nitriles is 1. The van der Waals surface area contributed by atoms with Crippen LogP contribution in [0.25, 0.3) is 16.9 Å². The number of fused-ring (bicyclic) bond motifs is 1. The molecule has 3 aromatic heterocycles. The molecule has 0 unspecified atom stereocenters. The van der Waals surface area contributed by atoms with Crippen LogP contribution >= 0.6 is 0 Å². The lowest BCUT2D eigenvalue weighted by Crippen LogP contribution is -2.42. The number of ether oxygens (including phenoxy) is 1. The molecule has 1 aliphatic carbocycles. The van der Waals surface area contributed by atoms with Gasteiger partial charge >= 0.3 is 6.09 Å². The van der Waals surface area contributed by atoms with Crippen molar-refractivity contribution >= 4 is 23.2 Å². The summed E-state index contributed by atoms with van der Waals surface area (Å²) in [7, 11) is 0. The summed E-state index contributed by atoms with van der Waals surface area (Å²) in [4.78, 5) is 29.4. The minimum atomic E-state index is -1.65. The summed E-state index contributed by atoms with van der Waals surface area (Å²) in [6, 6.07) is 9.23. The highest BCUT2D eigenvalue weighted by atomic mass is 19.1. The summed E-state index contributed by atoms with van der Waals surface area (Å²) < 4.78 is 21.0. The van der Waals surface area contributed by atoms with Gasteiger partial charge in [0.25, 0.3) is 5.91 Å². The molecule has 11 nitrogen and oxygen atoms in total. The van der Waals surface area contributed by atoms with Crippen LogP contribution in [-0.2, 0) is 4.74 Å². The fraction of sp³-hybridized carbons (Fsp3) is 0.464. The molecule has 0 spiro atoms. The van der Waals surface area contributed by atoms with E-state index in [-0.39, 0.29) is 24.2 Å². The number of nitrogens with one attached hydrogen (secondary N) is 3. The van der Waals surface area contributed by atoms with Crippen molar-refractivity contribution in [2.45, 2.75) is 70.3 Å². The Morgan fingerprint density at radius 3 is 2.62 bits per heavy atom. The molecule has 0 bridgehead atoms. The normalized spacial score (nSPS) is 18.0. The van der Waals surface area contributed by atoms with Crippen LogP contribution in [0.5, 0.6) is 0 Å². The number of carbonyl (C=O) groups excluding carboxylic acids is 2. The third-order valence-electron chi connectivity index (χ3n) is 6.93. The summed E-state index contributed by atoms with van der Waals surface area (Å²) in [5, 5.41) is 32.3. The zero-order chi connectivity index (χ0) is 28.9. The maximum atomic E-state index is 14.3. The molecule has 1 aliphatic rings. The van der Waals surface area contributed by atoms with E-state index in [1.807, 2.05) is 12.1 Å². The molecule has 12 heteroatoms. The van der Waals surface area contributed by atoms with Gasteiger partial charge in [0.1, 0.15) is 12.2 Å². The monoisotopic (exact) mass is 551 g/mol. The lowest BCUT2D eigenvalue weighted by molar-refractivity contribution is -0.00178. The summed E-state index contributed by atoms with van der Waals surface area (Å²) in [6.07, 6.45) is 3.78. The van der Waals surface area contributed by atoms with Gasteiger partial charge in [-0.15, -0.1) is 0 Å². The van der Waals surface area contributed by atoms with Gasteiger partial charge < -0.3 is 25.8 Å². The second-order valence-electron chi connectivity index (χ2n) is 10.4. The molecule has 1 fully saturated rings. The van der Waals surface area contributed by atoms with E-state index in [1.54, 1.807) is 23.6 Å². The molecular weight excluding hydrogens is 517 g/mol. The Balaban J connectivity index is 1.57. The molecular formula is C28H34FN7O4. The minimum Gasteiger partial charge on any atom is -0.450 e. The SMILES string of the molecule is CCOC(=O)NC1CCC(Nc2cc(-c3ccc4cc(C#N)cnn34)ncc2C(=O)NC[C@@H](F)C(C)(C)O)CC1. The smallest absolute Gasteiger partial charge is 0.407 e. The highest BCUT2D eigenvalue weighted by Crippen LogP contribution is 2.29. The second kappa shape index (κ2) is 12.3. The quantitative estimate of drug-likeness (QED) is 0.315. The maximum Gasteiger partial charge on any atom is 0.407 e. The van der Waals surface area contributed by atoms with Crippen LogP contribution in [0, 0.1) is 11.3 Å². The predicted molar refractivity (Wildman–Crippen MR) is 146 cm³/mol. The standard InChI is InChI=1S/C28H34FN7O4/c1-4-40-27(38)35-19-7-5-18(6-8-19)34-22-12-23(24-10-9-20-11-17(13-30)14-33-36(20)24)31-15-21(22)26(37)32-16-25(29)28(2,3)39/h9-12,14-15,18-19,25,39H,4-8,16H2,1-3H3,(H,31,34)(H,32,37)(H,35,38)/t18?,19?,25-/m1/s1. The van der Waals surface area contributed by atoms with Gasteiger partial charge in [-0.2, -0.15) is 10.4 Å². The molecule has 1 saturated carbocycles. The van der Waals surface area contributed by atoms with Crippen molar-refractivity contribution in [1.29, 1.82) is 5.26 Å². The fourth-order valence-electron chi connectivity index (χ4n) is 4.62. The highest BCUT2D eigenvalue weighted by molar-refractivity contribution is 6.00. The molecule has 212 valence electrons. The van der Waals surface area contributed by atoms with Crippen LogP contribution in [-0.4, -0.2) is 68.7 Å². The average Bonchev–Trinajstić information content (AvgIpc) is 3.35. The molecule has 0 saturated heterocycles. The molecule has 4 rings (SSSR count). The molecule has 0 aliphatic heterocycles. The van der Waals surface area contributed by atoms with Crippen molar-refractivity contribution in [2.24, 2.45) is 0 Å². The number of nitrogens with zero attached hydrogens (tertiary/aromatic N) is 4. The first-order valence-electron chi connectivity index (χ1n) is 13.3. The van der Waals surface area contributed by atoms with Crippen molar-refractivity contribution in [3.05, 3.63) is 47.8 Å². The number of alkyl carbamates (subject to hydrolysis) is 1. The number of aliphatic hydroxyl groups is 1. The molecule has 0 radical (unpaired) electrons. The number of hydrogen-bond acceptors (Lipinski definition) is 8. The van der Waals surface area contributed by atoms with E-state index < -0.39 is 23.8 Å². The Kier molecular flexibility index (Phi) is 8.84. The average molecular weight is 552 g/mol. The van der Waals surface area contributed by atoms with E-state index in [0.717, 1.165) is 31.2 Å². The maximum absolute atomic E-state index is 14.3. The van der Waals surface area contributed by atoms with Gasteiger partial charge in [0.05, 0.1) is 58.7 Å². The van der Waals surface area contributed by atoms with Gasteiger partial charge in [-0.1, -0.05) is 0 Å². The Labute approximate surface area is 231 Å². The molecule has 3 aromatic rings. The zero-order valence-electron chi connectivity index (χ0n) is 22.8. The summed E-state index contributed by atoms with van der Waals surface area (Å²) in [5.74, 6) is -0.525. The Hall–Kier alpha value is -4.24. The van der Waals surface area contributed by atoms with E-state index in [0.29, 0.717) is 29.2 Å². The van der Waals surface area contributed by atoms with Crippen LogP contribution in [0.15, 0.2) is 36.7 Å². The minimum absolute atomic E-state index is 0.00709. The van der Waals surface area contributed by atoms with E-state index in [2.05, 4.69) is 32.1 Å². The molecule has 0 aromatic carbocycles. The third-order valence-corrected chi connectivity index (χ3v) is 6.93. The Morgan fingerprint density at radius 2 is 1.95 bits per heavy atom. The summed E-state index contributed by atoms with van der Waals surface area (Å²) in [5.41, 5.74) is 1.54. The van der Waals surface area contributed by atoms with Crippen LogP contribution in [0.1, 0.15) is 62.4 Å². The van der Waals surface area contributed by atoms with Gasteiger partial charge in [-0.05, 0) is 70.7 Å². The van der Waals surface area contributed by atoms with Crippen LogP contribution in [0.3, 0.4) is 0 Å². The molecule has 3 heterocycles. The van der Waals surface area contributed by atoms with Crippen molar-refractivity contribution in [2.75, 3.05) is 18.5 Å². The first-order valence-corrected chi connectivity index (χ1v) is 13.3. The number of alkyl halides is 1. The zero-order valence-corrected chi connectivity index (χ0v) is 22.8. The molecule has 4 N–H and O–H groups in total. The van der Waals surface area contributed by atoms with Crippen LogP contribution < -0.4 is 16.0 Å². The van der Waals surface area contributed by atoms with Crippen molar-refractivity contribution in [1.82, 2.24) is 25.2 Å². The number of halogens is 1. The number of pyridine rings is 1. The van der Waals surface area contributed by atoms with Gasteiger partial charge in [0.15, 0.2) is 0 Å². The number of aromatic nitrogens is 3. The molecule has 1 atom stereocenters. The van der Waals surface area contributed by atoms with Gasteiger partial charge in [-0.25, -0.2) is 13.7 Å². The fourth-order valence-corrected chi connectivity index (χ4v) is 4.62. The molecule has 2 amide bonds. The third kappa shape index (κ3) is 6.84. The van der Waals surface area contributed by atoms with Crippen molar-refractivity contribution < 1.29 is 23.8 Å². The Bertz CT molecular complexity index is 1400. The van der Waals surface area contributed by atoms with Crippen molar-refractivity contribution in [3.63, 3.8) is 0 Å². The lowest BCUT2D eigenvalue weighted by atomic mass is 9.91. The van der Waals surface area contributed by atoms with Gasteiger partial charge in [0, 0.05) is 18.3 Å². The number of anilines is 1. The number of carbonyl (C=O) groups is 2. The van der Waals surface area contributed by atoms with Crippen LogP contribution in [0.2, 0.25) is 0 Å². The number of hydrogen-bond donors (Lipinski definition) is 4. The number of amides is 2. The van der Waals surface area contributed by atoms with Gasteiger partial charge in [-0.3, -0.25) is 9.78 Å². The summed E-state index contributed by atoms with van der Waals surface area (Å²) in [6.45, 7) is 4.39. The van der Waals surface area contributed by atoms with E-state index in [1.165, 1.54) is 26.2 Å². The second-order valence-corrected chi connectivity index (χ2v) is 10.4. The van der Waals surface area contributed by atoms with E-state index >= 15 is 0 Å². The number of rotatable bonds is 9. The van der Waals surface area contributed by atoms with E-state index in [9.17, 15) is 24.3 Å². The first kappa shape index (κ1) is 28.8. The Morgan fingerprint density at radius 1 is 1.23 bits per heavy atom. The van der Waals surface area contributed by atoms with Crippen LogP contribution in [0.4, 0.5) is 14.9 Å².